The molecule has 0 aliphatic carbocycles. The number of ketones is 4. The summed E-state index contributed by atoms with van der Waals surface area (Å²) in [5, 5.41) is 0. The Labute approximate surface area is 416 Å². The van der Waals surface area contributed by atoms with E-state index in [4.69, 9.17) is 9.97 Å². The molecular weight excluding hydrogens is 889 g/mol. The first-order chi connectivity index (χ1) is 35.1. The molecule has 8 heteroatoms. The quantitative estimate of drug-likeness (QED) is 0.132. The second kappa shape index (κ2) is 18.5. The summed E-state index contributed by atoms with van der Waals surface area (Å²) in [6.07, 6.45) is 0. The Hall–Kier alpha value is -9.40. The molecule has 3 aromatic heterocycles. The lowest BCUT2D eigenvalue weighted by atomic mass is 9.92. The van der Waals surface area contributed by atoms with E-state index < -0.39 is 0 Å². The van der Waals surface area contributed by atoms with Crippen LogP contribution in [-0.4, -0.2) is 43.1 Å². The minimum Gasteiger partial charge on any atom is -0.354 e. The van der Waals surface area contributed by atoms with E-state index in [1.165, 1.54) is 0 Å². The van der Waals surface area contributed by atoms with Crippen molar-refractivity contribution in [3.63, 3.8) is 0 Å². The standard InChI is InChI=1S/C64H46N4O4/c1-37-51(61(69)43-27-15-7-16-28-43)47-35-48-53(63(71)45-31-19-9-20-32-45)39(3)59(67-48)56(42-25-13-6-14-26-42)60-40(4)54(64(72)46-33-21-10-22-34-46)50(68-60)36-49-52(62(70)44-29-17-8-18-30-44)38(2)58(66-49)55(57(37)65-47)41-23-11-5-12-24-41/h5-36,65,68H,1-4H3. The number of aromatic nitrogens is 4. The molecule has 2 aliphatic rings. The molecule has 5 heterocycles. The third-order valence-corrected chi connectivity index (χ3v) is 13.7. The van der Waals surface area contributed by atoms with Gasteiger partial charge in [-0.15, -0.1) is 0 Å². The van der Waals surface area contributed by atoms with Gasteiger partial charge in [-0.3, -0.25) is 19.2 Å². The van der Waals surface area contributed by atoms with Crippen LogP contribution in [0.4, 0.5) is 0 Å². The van der Waals surface area contributed by atoms with Crippen molar-refractivity contribution >= 4 is 67.5 Å². The summed E-state index contributed by atoms with van der Waals surface area (Å²) >= 11 is 0. The maximum absolute atomic E-state index is 15.1. The summed E-state index contributed by atoms with van der Waals surface area (Å²) in [6.45, 7) is 7.62. The Morgan fingerprint density at radius 3 is 0.944 bits per heavy atom. The first-order valence-electron chi connectivity index (χ1n) is 23.8. The highest BCUT2D eigenvalue weighted by molar-refractivity contribution is 6.36. The van der Waals surface area contributed by atoms with Crippen molar-refractivity contribution in [3.8, 4) is 22.3 Å². The largest absolute Gasteiger partial charge is 0.354 e. The van der Waals surface area contributed by atoms with Crippen molar-refractivity contribution in [1.29, 1.82) is 0 Å². The van der Waals surface area contributed by atoms with Crippen molar-refractivity contribution in [1.82, 2.24) is 19.9 Å². The smallest absolute Gasteiger partial charge is 0.195 e. The zero-order chi connectivity index (χ0) is 49.6. The molecule has 346 valence electrons. The fourth-order valence-electron chi connectivity index (χ4n) is 10.2. The van der Waals surface area contributed by atoms with Crippen LogP contribution in [0, 0.1) is 13.8 Å². The second-order valence-electron chi connectivity index (χ2n) is 18.1. The number of nitrogens with zero attached hydrogens (tertiary/aromatic N) is 2. The number of aryl methyl sites for hydroxylation is 2. The number of rotatable bonds is 10. The molecule has 0 fully saturated rings. The van der Waals surface area contributed by atoms with Gasteiger partial charge in [-0.25, -0.2) is 9.97 Å². The first kappa shape index (κ1) is 45.1. The van der Waals surface area contributed by atoms with Crippen LogP contribution in [0.1, 0.15) is 100 Å². The minimum atomic E-state index is -0.240. The van der Waals surface area contributed by atoms with Gasteiger partial charge >= 0.3 is 0 Å². The number of aromatic amines is 2. The topological polar surface area (TPSA) is 126 Å². The van der Waals surface area contributed by atoms with Crippen molar-refractivity contribution in [2.45, 2.75) is 27.7 Å². The summed E-state index contributed by atoms with van der Waals surface area (Å²) in [5.74, 6) is -0.935. The van der Waals surface area contributed by atoms with Gasteiger partial charge in [-0.2, -0.15) is 0 Å². The molecule has 72 heavy (non-hydrogen) atoms. The van der Waals surface area contributed by atoms with Crippen LogP contribution < -0.4 is 0 Å². The van der Waals surface area contributed by atoms with E-state index in [2.05, 4.69) is 9.97 Å². The van der Waals surface area contributed by atoms with Gasteiger partial charge in [0.15, 0.2) is 23.1 Å². The van der Waals surface area contributed by atoms with Gasteiger partial charge in [0.05, 0.1) is 67.1 Å². The fraction of sp³-hybridized carbons (Fsp3) is 0.0625. The molecule has 8 nitrogen and oxygen atoms in total. The fourth-order valence-corrected chi connectivity index (χ4v) is 10.2. The highest BCUT2D eigenvalue weighted by Gasteiger charge is 2.32. The van der Waals surface area contributed by atoms with Crippen LogP contribution in [-0.2, 0) is 0 Å². The second-order valence-corrected chi connectivity index (χ2v) is 18.1. The zero-order valence-corrected chi connectivity index (χ0v) is 40.0. The SMILES string of the molecule is CC1=C(C(=O)c2ccccc2)c2cc3[nH]c(c(C)c3C(=O)c3ccccc3)c(-c3ccccc3)c3nc(cc4[nH]c(c(C)c4C(=O)c4ccccc4)c(-c4ccccc4)c1n2)C(C(=O)c1ccccc1)=C3C. The molecule has 11 rings (SSSR count). The molecule has 9 aromatic rings. The van der Waals surface area contributed by atoms with Gasteiger partial charge in [0.1, 0.15) is 0 Å². The Morgan fingerprint density at radius 1 is 0.361 bits per heavy atom. The minimum absolute atomic E-state index is 0.228. The molecule has 0 spiro atoms. The molecule has 8 bridgehead atoms. The number of fused-ring (bicyclic) bond motifs is 8. The highest BCUT2D eigenvalue weighted by atomic mass is 16.1. The average Bonchev–Trinajstić information content (AvgIpc) is 4.13. The molecule has 0 saturated heterocycles. The van der Waals surface area contributed by atoms with E-state index in [0.717, 1.165) is 11.1 Å². The number of allylic oxidation sites excluding steroid dienone is 4. The number of hydrogen-bond acceptors (Lipinski definition) is 6. The normalized spacial score (nSPS) is 12.3. The Kier molecular flexibility index (Phi) is 11.6. The first-order valence-corrected chi connectivity index (χ1v) is 23.8. The van der Waals surface area contributed by atoms with E-state index >= 15 is 19.2 Å². The van der Waals surface area contributed by atoms with Crippen molar-refractivity contribution < 1.29 is 19.2 Å². The lowest BCUT2D eigenvalue weighted by Crippen LogP contribution is -2.04. The Balaban J connectivity index is 1.39. The maximum atomic E-state index is 15.1. The number of hydrogen-bond donors (Lipinski definition) is 2. The van der Waals surface area contributed by atoms with Gasteiger partial charge in [0.25, 0.3) is 0 Å². The Morgan fingerprint density at radius 2 is 0.639 bits per heavy atom. The number of nitrogens with one attached hydrogen (secondary N) is 2. The van der Waals surface area contributed by atoms with Crippen LogP contribution in [0.25, 0.3) is 66.6 Å². The summed E-state index contributed by atoms with van der Waals surface area (Å²) in [7, 11) is 0. The van der Waals surface area contributed by atoms with Gasteiger partial charge in [-0.1, -0.05) is 182 Å². The molecule has 6 aromatic carbocycles. The molecule has 0 radical (unpaired) electrons. The summed E-state index contributed by atoms with van der Waals surface area (Å²) in [6, 6.07) is 59.6. The summed E-state index contributed by atoms with van der Waals surface area (Å²) in [4.78, 5) is 78.8. The predicted molar refractivity (Wildman–Crippen MR) is 288 cm³/mol. The van der Waals surface area contributed by atoms with Crippen molar-refractivity contribution in [2.75, 3.05) is 0 Å². The highest BCUT2D eigenvalue weighted by Crippen LogP contribution is 2.44. The lowest BCUT2D eigenvalue weighted by molar-refractivity contribution is 0.103. The van der Waals surface area contributed by atoms with Gasteiger partial charge < -0.3 is 9.97 Å². The molecule has 0 saturated carbocycles. The zero-order valence-electron chi connectivity index (χ0n) is 40.0. The molecule has 2 aliphatic heterocycles. The van der Waals surface area contributed by atoms with Crippen molar-refractivity contribution in [3.05, 3.63) is 261 Å². The van der Waals surface area contributed by atoms with Crippen LogP contribution in [0.15, 0.2) is 194 Å². The lowest BCUT2D eigenvalue weighted by Gasteiger charge is -2.09. The third-order valence-electron chi connectivity index (χ3n) is 13.7. The number of Topliss-reactive ketones (excluding diaryl/α,β-unsaturated/α-hetero) is 2. The number of carbonyl (C=O) groups excluding carboxylic acids is 4. The van der Waals surface area contributed by atoms with E-state index in [9.17, 15) is 0 Å². The van der Waals surface area contributed by atoms with Crippen LogP contribution in [0.3, 0.4) is 0 Å². The summed E-state index contributed by atoms with van der Waals surface area (Å²) in [5.41, 5.74) is 12.6. The molecule has 0 unspecified atom stereocenters. The van der Waals surface area contributed by atoms with E-state index in [1.54, 1.807) is 48.5 Å². The third kappa shape index (κ3) is 7.76. The maximum Gasteiger partial charge on any atom is 0.195 e. The monoisotopic (exact) mass is 934 g/mol. The Bertz CT molecular complexity index is 3670. The number of benzene rings is 6. The number of H-pyrrole nitrogens is 2. The van der Waals surface area contributed by atoms with Crippen LogP contribution in [0.2, 0.25) is 0 Å². The van der Waals surface area contributed by atoms with Crippen LogP contribution in [0.5, 0.6) is 0 Å². The van der Waals surface area contributed by atoms with Crippen molar-refractivity contribution in [2.24, 2.45) is 0 Å². The molecule has 2 N–H and O–H groups in total. The number of carbonyl (C=O) groups is 4. The van der Waals surface area contributed by atoms with E-state index in [1.807, 2.05) is 173 Å². The molecule has 0 atom stereocenters. The van der Waals surface area contributed by atoms with Crippen LogP contribution >= 0.6 is 0 Å². The predicted octanol–water partition coefficient (Wildman–Crippen LogP) is 14.4. The van der Waals surface area contributed by atoms with Gasteiger partial charge in [-0.05, 0) is 73.2 Å². The summed E-state index contributed by atoms with van der Waals surface area (Å²) < 4.78 is 0. The van der Waals surface area contributed by atoms with E-state index in [0.29, 0.717) is 123 Å². The molecular formula is C64H46N4O4. The van der Waals surface area contributed by atoms with E-state index in [-0.39, 0.29) is 23.1 Å². The van der Waals surface area contributed by atoms with Gasteiger partial charge in [0, 0.05) is 33.4 Å². The average molecular weight is 935 g/mol. The molecule has 0 amide bonds. The van der Waals surface area contributed by atoms with Gasteiger partial charge in [0.2, 0.25) is 0 Å².